The zero-order valence-electron chi connectivity index (χ0n) is 11.1. The average Bonchev–Trinajstić information content (AvgIpc) is 2.43. The summed E-state index contributed by atoms with van der Waals surface area (Å²) >= 11 is 6.06. The third-order valence-electron chi connectivity index (χ3n) is 2.99. The monoisotopic (exact) mass is 272 g/mol. The van der Waals surface area contributed by atoms with Crippen molar-refractivity contribution in [1.29, 1.82) is 0 Å². The lowest BCUT2D eigenvalue weighted by molar-refractivity contribution is 1.04. The normalized spacial score (nSPS) is 12.6. The molecule has 0 amide bonds. The van der Waals surface area contributed by atoms with Gasteiger partial charge in [-0.05, 0) is 30.2 Å². The largest absolute Gasteiger partial charge is 0.279 e. The molecule has 2 nitrogen and oxygen atoms in total. The van der Waals surface area contributed by atoms with Crippen molar-refractivity contribution in [3.05, 3.63) is 64.7 Å². The van der Waals surface area contributed by atoms with Gasteiger partial charge >= 0.3 is 0 Å². The summed E-state index contributed by atoms with van der Waals surface area (Å²) in [7, 11) is 0. The molecule has 1 atom stereocenters. The van der Waals surface area contributed by atoms with Crippen LogP contribution in [0, 0.1) is 6.92 Å². The van der Waals surface area contributed by atoms with Crippen molar-refractivity contribution in [2.24, 2.45) is 5.10 Å². The van der Waals surface area contributed by atoms with Gasteiger partial charge in [0.1, 0.15) is 0 Å². The summed E-state index contributed by atoms with van der Waals surface area (Å²) in [6.45, 7) is 4.09. The molecule has 0 heterocycles. The molecule has 2 rings (SSSR count). The molecule has 2 aromatic rings. The van der Waals surface area contributed by atoms with E-state index < -0.39 is 0 Å². The Morgan fingerprint density at radius 2 is 1.89 bits per heavy atom. The highest BCUT2D eigenvalue weighted by Gasteiger charge is 2.00. The fourth-order valence-electron chi connectivity index (χ4n) is 1.73. The number of halogens is 1. The van der Waals surface area contributed by atoms with E-state index >= 15 is 0 Å². The third-order valence-corrected chi connectivity index (χ3v) is 3.40. The summed E-state index contributed by atoms with van der Waals surface area (Å²) in [4.78, 5) is 0. The minimum Gasteiger partial charge on any atom is -0.279 e. The van der Waals surface area contributed by atoms with Gasteiger partial charge in [-0.2, -0.15) is 5.10 Å². The highest BCUT2D eigenvalue weighted by atomic mass is 35.5. The number of benzene rings is 2. The molecule has 0 bridgehead atoms. The first-order valence-electron chi connectivity index (χ1n) is 6.27. The predicted octanol–water partition coefficient (Wildman–Crippen LogP) is 4.85. The van der Waals surface area contributed by atoms with Gasteiger partial charge in [-0.15, -0.1) is 0 Å². The number of aryl methyl sites for hydroxylation is 1. The minimum atomic E-state index is 0.273. The molecule has 98 valence electrons. The van der Waals surface area contributed by atoms with Crippen LogP contribution in [0.2, 0.25) is 5.02 Å². The first-order valence-corrected chi connectivity index (χ1v) is 6.65. The molecule has 0 radical (unpaired) electrons. The van der Waals surface area contributed by atoms with Crippen molar-refractivity contribution in [2.75, 3.05) is 5.43 Å². The standard InChI is InChI=1S/C16H17ClN2/c1-12-8-9-15(10-16(12)17)19-18-11-13(2)14-6-4-3-5-7-14/h3-11,13,19H,1-2H3/b18-11+. The maximum Gasteiger partial charge on any atom is 0.0576 e. The first-order chi connectivity index (χ1) is 9.16. The molecular formula is C16H17ClN2. The lowest BCUT2D eigenvalue weighted by Crippen LogP contribution is -1.97. The Morgan fingerprint density at radius 3 is 2.58 bits per heavy atom. The highest BCUT2D eigenvalue weighted by Crippen LogP contribution is 2.20. The predicted molar refractivity (Wildman–Crippen MR) is 83.2 cm³/mol. The van der Waals surface area contributed by atoms with Crippen LogP contribution in [-0.2, 0) is 0 Å². The van der Waals surface area contributed by atoms with Crippen LogP contribution >= 0.6 is 11.6 Å². The maximum absolute atomic E-state index is 6.06. The number of hydrazone groups is 1. The summed E-state index contributed by atoms with van der Waals surface area (Å²) in [6, 6.07) is 16.1. The van der Waals surface area contributed by atoms with Gasteiger partial charge in [0.25, 0.3) is 0 Å². The van der Waals surface area contributed by atoms with E-state index in [-0.39, 0.29) is 5.92 Å². The van der Waals surface area contributed by atoms with Crippen LogP contribution in [0.25, 0.3) is 0 Å². The molecule has 2 aromatic carbocycles. The quantitative estimate of drug-likeness (QED) is 0.624. The van der Waals surface area contributed by atoms with Crippen LogP contribution in [0.5, 0.6) is 0 Å². The van der Waals surface area contributed by atoms with Crippen molar-refractivity contribution < 1.29 is 0 Å². The summed E-state index contributed by atoms with van der Waals surface area (Å²) in [5, 5.41) is 5.00. The molecule has 0 saturated heterocycles. The molecule has 1 N–H and O–H groups in total. The van der Waals surface area contributed by atoms with Gasteiger partial charge in [-0.1, -0.05) is 54.9 Å². The fraction of sp³-hybridized carbons (Fsp3) is 0.188. The van der Waals surface area contributed by atoms with Gasteiger partial charge in [0, 0.05) is 17.2 Å². The van der Waals surface area contributed by atoms with Gasteiger partial charge in [-0.3, -0.25) is 5.43 Å². The Balaban J connectivity index is 1.98. The smallest absolute Gasteiger partial charge is 0.0576 e. The summed E-state index contributed by atoms with van der Waals surface area (Å²) < 4.78 is 0. The van der Waals surface area contributed by atoms with Crippen LogP contribution in [0.15, 0.2) is 53.6 Å². The zero-order valence-corrected chi connectivity index (χ0v) is 11.9. The lowest BCUT2D eigenvalue weighted by atomic mass is 10.0. The molecule has 0 aliphatic heterocycles. The number of hydrogen-bond acceptors (Lipinski definition) is 2. The molecule has 19 heavy (non-hydrogen) atoms. The third kappa shape index (κ3) is 3.83. The Morgan fingerprint density at radius 1 is 1.16 bits per heavy atom. The van der Waals surface area contributed by atoms with E-state index in [1.165, 1.54) is 5.56 Å². The molecule has 0 aliphatic carbocycles. The summed E-state index contributed by atoms with van der Waals surface area (Å²) in [5.41, 5.74) is 6.20. The van der Waals surface area contributed by atoms with E-state index in [1.54, 1.807) is 0 Å². The second-order valence-electron chi connectivity index (χ2n) is 4.55. The number of rotatable bonds is 4. The molecule has 0 spiro atoms. The average molecular weight is 273 g/mol. The van der Waals surface area contributed by atoms with Crippen molar-refractivity contribution >= 4 is 23.5 Å². The highest BCUT2D eigenvalue weighted by molar-refractivity contribution is 6.31. The molecule has 0 aliphatic rings. The van der Waals surface area contributed by atoms with Gasteiger partial charge in [0.05, 0.1) is 5.69 Å². The Bertz CT molecular complexity index is 564. The molecule has 0 saturated carbocycles. The fourth-order valence-corrected chi connectivity index (χ4v) is 1.91. The second-order valence-corrected chi connectivity index (χ2v) is 4.96. The van der Waals surface area contributed by atoms with Gasteiger partial charge in [0.15, 0.2) is 0 Å². The molecule has 0 aromatic heterocycles. The van der Waals surface area contributed by atoms with E-state index in [0.717, 1.165) is 16.3 Å². The molecular weight excluding hydrogens is 256 g/mol. The van der Waals surface area contributed by atoms with Crippen LogP contribution < -0.4 is 5.43 Å². The second kappa shape index (κ2) is 6.39. The van der Waals surface area contributed by atoms with E-state index in [1.807, 2.05) is 49.5 Å². The maximum atomic E-state index is 6.06. The van der Waals surface area contributed by atoms with Gasteiger partial charge < -0.3 is 0 Å². The first kappa shape index (κ1) is 13.6. The van der Waals surface area contributed by atoms with E-state index in [0.29, 0.717) is 0 Å². The molecule has 1 unspecified atom stereocenters. The number of nitrogens with one attached hydrogen (secondary N) is 1. The van der Waals surface area contributed by atoms with Crippen molar-refractivity contribution in [3.8, 4) is 0 Å². The SMILES string of the molecule is Cc1ccc(N/N=C/C(C)c2ccccc2)cc1Cl. The summed E-state index contributed by atoms with van der Waals surface area (Å²) in [6.07, 6.45) is 1.89. The summed E-state index contributed by atoms with van der Waals surface area (Å²) in [5.74, 6) is 0.273. The van der Waals surface area contributed by atoms with Crippen LogP contribution in [0.3, 0.4) is 0 Å². The Hall–Kier alpha value is -1.80. The van der Waals surface area contributed by atoms with Gasteiger partial charge in [-0.25, -0.2) is 0 Å². The van der Waals surface area contributed by atoms with E-state index in [2.05, 4.69) is 29.6 Å². The van der Waals surface area contributed by atoms with Crippen LogP contribution in [-0.4, -0.2) is 6.21 Å². The number of nitrogens with zero attached hydrogens (tertiary/aromatic N) is 1. The Kier molecular flexibility index (Phi) is 4.58. The van der Waals surface area contributed by atoms with E-state index in [9.17, 15) is 0 Å². The molecule has 3 heteroatoms. The van der Waals surface area contributed by atoms with Crippen LogP contribution in [0.4, 0.5) is 5.69 Å². The van der Waals surface area contributed by atoms with E-state index in [4.69, 9.17) is 11.6 Å². The van der Waals surface area contributed by atoms with Crippen molar-refractivity contribution in [1.82, 2.24) is 0 Å². The Labute approximate surface area is 119 Å². The van der Waals surface area contributed by atoms with Crippen molar-refractivity contribution in [2.45, 2.75) is 19.8 Å². The lowest BCUT2D eigenvalue weighted by Gasteiger charge is -2.06. The zero-order chi connectivity index (χ0) is 13.7. The van der Waals surface area contributed by atoms with Crippen LogP contribution in [0.1, 0.15) is 24.0 Å². The minimum absolute atomic E-state index is 0.273. The number of anilines is 1. The number of hydrogen-bond donors (Lipinski definition) is 1. The van der Waals surface area contributed by atoms with Gasteiger partial charge in [0.2, 0.25) is 0 Å². The topological polar surface area (TPSA) is 24.4 Å². The van der Waals surface area contributed by atoms with Crippen molar-refractivity contribution in [3.63, 3.8) is 0 Å². The molecule has 0 fully saturated rings.